The van der Waals surface area contributed by atoms with Crippen molar-refractivity contribution in [2.75, 3.05) is 11.4 Å². The summed E-state index contributed by atoms with van der Waals surface area (Å²) in [6.45, 7) is 1.53. The minimum absolute atomic E-state index is 0.00862. The number of hydrogen-bond acceptors (Lipinski definition) is 2. The van der Waals surface area contributed by atoms with E-state index in [2.05, 4.69) is 0 Å². The molecule has 0 spiro atoms. The minimum Gasteiger partial charge on any atom is -0.481 e. The SMILES string of the molecule is CC(CN(C(=O)c1ccccc1)c1ccc(F)cc1)C(=O)O. The summed E-state index contributed by atoms with van der Waals surface area (Å²) in [6.07, 6.45) is 0. The van der Waals surface area contributed by atoms with Gasteiger partial charge in [-0.1, -0.05) is 25.1 Å². The smallest absolute Gasteiger partial charge is 0.308 e. The van der Waals surface area contributed by atoms with Crippen LogP contribution in [-0.4, -0.2) is 23.5 Å². The van der Waals surface area contributed by atoms with Crippen molar-refractivity contribution in [3.05, 3.63) is 66.0 Å². The third-order valence-corrected chi connectivity index (χ3v) is 3.28. The second-order valence-electron chi connectivity index (χ2n) is 5.00. The summed E-state index contributed by atoms with van der Waals surface area (Å²) in [7, 11) is 0. The molecule has 1 N–H and O–H groups in total. The summed E-state index contributed by atoms with van der Waals surface area (Å²) >= 11 is 0. The Morgan fingerprint density at radius 1 is 1.09 bits per heavy atom. The topological polar surface area (TPSA) is 57.6 Å². The molecular formula is C17H16FNO3. The van der Waals surface area contributed by atoms with Gasteiger partial charge in [0.1, 0.15) is 5.82 Å². The first-order valence-corrected chi connectivity index (χ1v) is 6.84. The quantitative estimate of drug-likeness (QED) is 0.922. The van der Waals surface area contributed by atoms with Gasteiger partial charge in [0.2, 0.25) is 0 Å². The van der Waals surface area contributed by atoms with Crippen LogP contribution in [0.5, 0.6) is 0 Å². The van der Waals surface area contributed by atoms with E-state index in [1.54, 1.807) is 30.3 Å². The standard InChI is InChI=1S/C17H16FNO3/c1-12(17(21)22)11-19(15-9-7-14(18)8-10-15)16(20)13-5-3-2-4-6-13/h2-10,12H,11H2,1H3,(H,21,22). The maximum atomic E-state index is 13.1. The Morgan fingerprint density at radius 3 is 2.23 bits per heavy atom. The van der Waals surface area contributed by atoms with E-state index in [9.17, 15) is 14.0 Å². The van der Waals surface area contributed by atoms with Crippen molar-refractivity contribution in [1.29, 1.82) is 0 Å². The summed E-state index contributed by atoms with van der Waals surface area (Å²) in [5.41, 5.74) is 0.910. The molecule has 0 aliphatic carbocycles. The molecular weight excluding hydrogens is 285 g/mol. The summed E-state index contributed by atoms with van der Waals surface area (Å²) in [5, 5.41) is 9.08. The lowest BCUT2D eigenvalue weighted by Crippen LogP contribution is -2.37. The fourth-order valence-corrected chi connectivity index (χ4v) is 2.02. The summed E-state index contributed by atoms with van der Waals surface area (Å²) < 4.78 is 13.1. The van der Waals surface area contributed by atoms with E-state index in [4.69, 9.17) is 5.11 Å². The molecule has 2 aromatic carbocycles. The molecule has 0 aromatic heterocycles. The molecule has 5 heteroatoms. The van der Waals surface area contributed by atoms with Gasteiger partial charge in [0.25, 0.3) is 5.91 Å². The van der Waals surface area contributed by atoms with Gasteiger partial charge in [-0.2, -0.15) is 0 Å². The van der Waals surface area contributed by atoms with Gasteiger partial charge in [-0.3, -0.25) is 9.59 Å². The van der Waals surface area contributed by atoms with Gasteiger partial charge in [-0.25, -0.2) is 4.39 Å². The molecule has 22 heavy (non-hydrogen) atoms. The number of anilines is 1. The highest BCUT2D eigenvalue weighted by molar-refractivity contribution is 6.06. The number of amides is 1. The Labute approximate surface area is 127 Å². The van der Waals surface area contributed by atoms with E-state index >= 15 is 0 Å². The molecule has 1 unspecified atom stereocenters. The van der Waals surface area contributed by atoms with Crippen molar-refractivity contribution in [3.63, 3.8) is 0 Å². The van der Waals surface area contributed by atoms with Crippen LogP contribution >= 0.6 is 0 Å². The second kappa shape index (κ2) is 6.85. The zero-order valence-electron chi connectivity index (χ0n) is 12.1. The van der Waals surface area contributed by atoms with Crippen LogP contribution in [0.25, 0.3) is 0 Å². The Bertz CT molecular complexity index is 655. The summed E-state index contributed by atoms with van der Waals surface area (Å²) in [6, 6.07) is 14.0. The van der Waals surface area contributed by atoms with E-state index in [1.807, 2.05) is 0 Å². The number of benzene rings is 2. The normalized spacial score (nSPS) is 11.7. The first-order valence-electron chi connectivity index (χ1n) is 6.84. The van der Waals surface area contributed by atoms with Crippen molar-refractivity contribution in [1.82, 2.24) is 0 Å². The molecule has 114 valence electrons. The molecule has 0 aliphatic heterocycles. The third kappa shape index (κ3) is 3.69. The summed E-state index contributed by atoms with van der Waals surface area (Å²) in [5.74, 6) is -2.46. The minimum atomic E-state index is -0.993. The predicted molar refractivity (Wildman–Crippen MR) is 81.3 cm³/mol. The molecule has 2 aromatic rings. The monoisotopic (exact) mass is 301 g/mol. The van der Waals surface area contributed by atoms with E-state index in [1.165, 1.54) is 36.1 Å². The average molecular weight is 301 g/mol. The van der Waals surface area contributed by atoms with Gasteiger partial charge in [0.05, 0.1) is 5.92 Å². The van der Waals surface area contributed by atoms with Crippen LogP contribution in [-0.2, 0) is 4.79 Å². The first kappa shape index (κ1) is 15.7. The van der Waals surface area contributed by atoms with Gasteiger partial charge in [0.15, 0.2) is 0 Å². The van der Waals surface area contributed by atoms with Crippen LogP contribution in [0.3, 0.4) is 0 Å². The third-order valence-electron chi connectivity index (χ3n) is 3.28. The van der Waals surface area contributed by atoms with Gasteiger partial charge in [0, 0.05) is 17.8 Å². The van der Waals surface area contributed by atoms with E-state index < -0.39 is 17.7 Å². The number of carboxylic acids is 1. The molecule has 0 saturated carbocycles. The number of nitrogens with zero attached hydrogens (tertiary/aromatic N) is 1. The fourth-order valence-electron chi connectivity index (χ4n) is 2.02. The van der Waals surface area contributed by atoms with E-state index in [0.29, 0.717) is 11.3 Å². The van der Waals surface area contributed by atoms with Crippen LogP contribution in [0.1, 0.15) is 17.3 Å². The Kier molecular flexibility index (Phi) is 4.88. The highest BCUT2D eigenvalue weighted by Gasteiger charge is 2.23. The second-order valence-corrected chi connectivity index (χ2v) is 5.00. The predicted octanol–water partition coefficient (Wildman–Crippen LogP) is 3.19. The maximum absolute atomic E-state index is 13.1. The van der Waals surface area contributed by atoms with Crippen molar-refractivity contribution in [2.45, 2.75) is 6.92 Å². The van der Waals surface area contributed by atoms with Crippen molar-refractivity contribution >= 4 is 17.6 Å². The molecule has 4 nitrogen and oxygen atoms in total. The molecule has 0 bridgehead atoms. The van der Waals surface area contributed by atoms with Gasteiger partial charge < -0.3 is 10.0 Å². The van der Waals surface area contributed by atoms with Gasteiger partial charge >= 0.3 is 5.97 Å². The fraction of sp³-hybridized carbons (Fsp3) is 0.176. The van der Waals surface area contributed by atoms with Crippen LogP contribution in [0.15, 0.2) is 54.6 Å². The first-order chi connectivity index (χ1) is 10.5. The van der Waals surface area contributed by atoms with Crippen molar-refractivity contribution in [2.24, 2.45) is 5.92 Å². The lowest BCUT2D eigenvalue weighted by Gasteiger charge is -2.24. The maximum Gasteiger partial charge on any atom is 0.308 e. The molecule has 2 rings (SSSR count). The Balaban J connectivity index is 2.34. The van der Waals surface area contributed by atoms with E-state index in [-0.39, 0.29) is 12.5 Å². The number of hydrogen-bond donors (Lipinski definition) is 1. The van der Waals surface area contributed by atoms with Crippen LogP contribution in [0.4, 0.5) is 10.1 Å². The van der Waals surface area contributed by atoms with Gasteiger partial charge in [-0.05, 0) is 36.4 Å². The zero-order valence-corrected chi connectivity index (χ0v) is 12.1. The van der Waals surface area contributed by atoms with Crippen molar-refractivity contribution < 1.29 is 19.1 Å². The zero-order chi connectivity index (χ0) is 16.1. The number of halogens is 1. The average Bonchev–Trinajstić information content (AvgIpc) is 2.53. The lowest BCUT2D eigenvalue weighted by atomic mass is 10.1. The number of carbonyl (C=O) groups excluding carboxylic acids is 1. The molecule has 0 heterocycles. The summed E-state index contributed by atoms with van der Waals surface area (Å²) in [4.78, 5) is 25.1. The Morgan fingerprint density at radius 2 is 1.68 bits per heavy atom. The molecule has 1 amide bonds. The highest BCUT2D eigenvalue weighted by Crippen LogP contribution is 2.19. The van der Waals surface area contributed by atoms with Crippen LogP contribution in [0.2, 0.25) is 0 Å². The number of carbonyl (C=O) groups is 2. The molecule has 0 aliphatic rings. The highest BCUT2D eigenvalue weighted by atomic mass is 19.1. The van der Waals surface area contributed by atoms with E-state index in [0.717, 1.165) is 0 Å². The molecule has 0 fully saturated rings. The molecule has 1 atom stereocenters. The van der Waals surface area contributed by atoms with Crippen LogP contribution in [0, 0.1) is 11.7 Å². The Hall–Kier alpha value is -2.69. The number of carboxylic acid groups (broad SMARTS) is 1. The lowest BCUT2D eigenvalue weighted by molar-refractivity contribution is -0.140. The van der Waals surface area contributed by atoms with Crippen LogP contribution < -0.4 is 4.90 Å². The number of rotatable bonds is 5. The number of aliphatic carboxylic acids is 1. The molecule has 0 saturated heterocycles. The molecule has 0 radical (unpaired) electrons. The largest absolute Gasteiger partial charge is 0.481 e. The van der Waals surface area contributed by atoms with Gasteiger partial charge in [-0.15, -0.1) is 0 Å². The van der Waals surface area contributed by atoms with Crippen molar-refractivity contribution in [3.8, 4) is 0 Å².